The molecule has 15 heavy (non-hydrogen) atoms. The average Bonchev–Trinajstić information content (AvgIpc) is 2.21. The molecule has 0 aliphatic carbocycles. The molecular formula is C10H14N2O3. The zero-order valence-corrected chi connectivity index (χ0v) is 9.02. The Morgan fingerprint density at radius 3 is 2.80 bits per heavy atom. The van der Waals surface area contributed by atoms with Gasteiger partial charge in [0, 0.05) is 12.0 Å². The minimum Gasteiger partial charge on any atom is -0.481 e. The zero-order chi connectivity index (χ0) is 11.4. The standard InChI is InChI=1S/C10H14N2O3/c1-6(10(13)14)4-8-7(2)9(15-3)12-5-11-8/h5-6H,4H2,1-3H3,(H,13,14). The van der Waals surface area contributed by atoms with Crippen LogP contribution in [0, 0.1) is 12.8 Å². The van der Waals surface area contributed by atoms with Crippen LogP contribution in [0.15, 0.2) is 6.33 Å². The summed E-state index contributed by atoms with van der Waals surface area (Å²) >= 11 is 0. The number of rotatable bonds is 4. The number of aromatic nitrogens is 2. The second kappa shape index (κ2) is 4.72. The molecule has 0 amide bonds. The number of carboxylic acids is 1. The maximum atomic E-state index is 10.7. The number of ether oxygens (including phenoxy) is 1. The molecule has 0 aromatic carbocycles. The minimum absolute atomic E-state index is 0.389. The van der Waals surface area contributed by atoms with Crippen LogP contribution in [-0.4, -0.2) is 28.2 Å². The van der Waals surface area contributed by atoms with Crippen LogP contribution in [0.4, 0.5) is 0 Å². The third kappa shape index (κ3) is 2.65. The van der Waals surface area contributed by atoms with Gasteiger partial charge in [-0.15, -0.1) is 0 Å². The zero-order valence-electron chi connectivity index (χ0n) is 9.02. The van der Waals surface area contributed by atoms with Crippen molar-refractivity contribution >= 4 is 5.97 Å². The molecule has 1 aromatic heterocycles. The first kappa shape index (κ1) is 11.4. The summed E-state index contributed by atoms with van der Waals surface area (Å²) in [4.78, 5) is 18.7. The van der Waals surface area contributed by atoms with E-state index in [1.807, 2.05) is 6.92 Å². The normalized spacial score (nSPS) is 12.2. The van der Waals surface area contributed by atoms with E-state index in [2.05, 4.69) is 9.97 Å². The summed E-state index contributed by atoms with van der Waals surface area (Å²) in [7, 11) is 1.53. The Hall–Kier alpha value is -1.65. The second-order valence-electron chi connectivity index (χ2n) is 3.40. The van der Waals surface area contributed by atoms with Crippen LogP contribution in [0.2, 0.25) is 0 Å². The molecule has 1 rings (SSSR count). The summed E-state index contributed by atoms with van der Waals surface area (Å²) in [6.45, 7) is 3.47. The van der Waals surface area contributed by atoms with Gasteiger partial charge in [-0.25, -0.2) is 9.97 Å². The monoisotopic (exact) mass is 210 g/mol. The number of hydrogen-bond acceptors (Lipinski definition) is 4. The van der Waals surface area contributed by atoms with E-state index in [9.17, 15) is 4.79 Å². The smallest absolute Gasteiger partial charge is 0.306 e. The highest BCUT2D eigenvalue weighted by Crippen LogP contribution is 2.18. The Labute approximate surface area is 88.1 Å². The van der Waals surface area contributed by atoms with Crippen LogP contribution >= 0.6 is 0 Å². The Morgan fingerprint density at radius 1 is 1.60 bits per heavy atom. The number of aliphatic carboxylic acids is 1. The highest BCUT2D eigenvalue weighted by molar-refractivity contribution is 5.69. The molecule has 0 saturated heterocycles. The lowest BCUT2D eigenvalue weighted by Crippen LogP contribution is -2.14. The van der Waals surface area contributed by atoms with Crippen molar-refractivity contribution in [2.75, 3.05) is 7.11 Å². The van der Waals surface area contributed by atoms with E-state index in [4.69, 9.17) is 9.84 Å². The molecule has 0 aliphatic rings. The topological polar surface area (TPSA) is 72.3 Å². The molecule has 1 unspecified atom stereocenters. The van der Waals surface area contributed by atoms with Crippen molar-refractivity contribution in [3.63, 3.8) is 0 Å². The molecule has 0 fully saturated rings. The van der Waals surface area contributed by atoms with Gasteiger partial charge in [-0.2, -0.15) is 0 Å². The SMILES string of the molecule is COc1ncnc(CC(C)C(=O)O)c1C. The third-order valence-electron chi connectivity index (χ3n) is 2.26. The average molecular weight is 210 g/mol. The predicted octanol–water partition coefficient (Wildman–Crippen LogP) is 1.06. The molecule has 0 bridgehead atoms. The summed E-state index contributed by atoms with van der Waals surface area (Å²) < 4.78 is 5.03. The molecule has 0 spiro atoms. The maximum absolute atomic E-state index is 10.7. The summed E-state index contributed by atoms with van der Waals surface area (Å²) in [5, 5.41) is 8.79. The predicted molar refractivity (Wildman–Crippen MR) is 53.8 cm³/mol. The van der Waals surface area contributed by atoms with Crippen LogP contribution in [0.25, 0.3) is 0 Å². The fourth-order valence-corrected chi connectivity index (χ4v) is 1.26. The third-order valence-corrected chi connectivity index (χ3v) is 2.26. The van der Waals surface area contributed by atoms with Gasteiger partial charge >= 0.3 is 5.97 Å². The van der Waals surface area contributed by atoms with Crippen LogP contribution in [0.5, 0.6) is 5.88 Å². The molecule has 82 valence electrons. The molecule has 1 atom stereocenters. The Morgan fingerprint density at radius 2 is 2.27 bits per heavy atom. The maximum Gasteiger partial charge on any atom is 0.306 e. The number of carboxylic acid groups (broad SMARTS) is 1. The summed E-state index contributed by atoms with van der Waals surface area (Å²) in [6.07, 6.45) is 1.77. The Bertz CT molecular complexity index is 366. The van der Waals surface area contributed by atoms with Gasteiger partial charge in [0.15, 0.2) is 0 Å². The highest BCUT2D eigenvalue weighted by atomic mass is 16.5. The Kier molecular flexibility index (Phi) is 3.60. The van der Waals surface area contributed by atoms with Gasteiger partial charge in [0.05, 0.1) is 18.7 Å². The molecule has 0 radical (unpaired) electrons. The van der Waals surface area contributed by atoms with Crippen molar-refractivity contribution in [3.05, 3.63) is 17.6 Å². The van der Waals surface area contributed by atoms with Crippen molar-refractivity contribution in [2.24, 2.45) is 5.92 Å². The van der Waals surface area contributed by atoms with Gasteiger partial charge in [-0.3, -0.25) is 4.79 Å². The summed E-state index contributed by atoms with van der Waals surface area (Å²) in [5.41, 5.74) is 1.52. The van der Waals surface area contributed by atoms with Crippen LogP contribution < -0.4 is 4.74 Å². The first-order chi connectivity index (χ1) is 7.06. The molecule has 1 aromatic rings. The van der Waals surface area contributed by atoms with Gasteiger partial charge in [-0.1, -0.05) is 6.92 Å². The molecule has 1 heterocycles. The van der Waals surface area contributed by atoms with Gasteiger partial charge in [-0.05, 0) is 6.92 Å². The number of nitrogens with zero attached hydrogens (tertiary/aromatic N) is 2. The van der Waals surface area contributed by atoms with Crippen LogP contribution in [0.3, 0.4) is 0 Å². The van der Waals surface area contributed by atoms with E-state index in [-0.39, 0.29) is 0 Å². The summed E-state index contributed by atoms with van der Waals surface area (Å²) in [5.74, 6) is -0.784. The fraction of sp³-hybridized carbons (Fsp3) is 0.500. The van der Waals surface area contributed by atoms with Gasteiger partial charge < -0.3 is 9.84 Å². The molecule has 1 N–H and O–H groups in total. The van der Waals surface area contributed by atoms with Crippen molar-refractivity contribution in [2.45, 2.75) is 20.3 Å². The first-order valence-electron chi connectivity index (χ1n) is 4.63. The highest BCUT2D eigenvalue weighted by Gasteiger charge is 2.15. The van der Waals surface area contributed by atoms with Gasteiger partial charge in [0.2, 0.25) is 5.88 Å². The van der Waals surface area contributed by atoms with Crippen LogP contribution in [-0.2, 0) is 11.2 Å². The number of carbonyl (C=O) groups is 1. The van der Waals surface area contributed by atoms with E-state index >= 15 is 0 Å². The molecule has 0 saturated carbocycles. The van der Waals surface area contributed by atoms with E-state index in [1.165, 1.54) is 13.4 Å². The largest absolute Gasteiger partial charge is 0.481 e. The second-order valence-corrected chi connectivity index (χ2v) is 3.40. The molecule has 0 aliphatic heterocycles. The van der Waals surface area contributed by atoms with Crippen molar-refractivity contribution < 1.29 is 14.6 Å². The van der Waals surface area contributed by atoms with Gasteiger partial charge in [0.25, 0.3) is 0 Å². The quantitative estimate of drug-likeness (QED) is 0.804. The van der Waals surface area contributed by atoms with Crippen LogP contribution in [0.1, 0.15) is 18.2 Å². The molecule has 5 heteroatoms. The van der Waals surface area contributed by atoms with E-state index in [1.54, 1.807) is 6.92 Å². The minimum atomic E-state index is -0.827. The number of methoxy groups -OCH3 is 1. The van der Waals surface area contributed by atoms with Crippen molar-refractivity contribution in [1.82, 2.24) is 9.97 Å². The van der Waals surface area contributed by atoms with E-state index in [0.29, 0.717) is 12.3 Å². The lowest BCUT2D eigenvalue weighted by molar-refractivity contribution is -0.141. The number of hydrogen-bond donors (Lipinski definition) is 1. The van der Waals surface area contributed by atoms with E-state index in [0.717, 1.165) is 11.3 Å². The van der Waals surface area contributed by atoms with Crippen molar-refractivity contribution in [1.29, 1.82) is 0 Å². The van der Waals surface area contributed by atoms with E-state index < -0.39 is 11.9 Å². The molecule has 5 nitrogen and oxygen atoms in total. The van der Waals surface area contributed by atoms with Gasteiger partial charge in [0.1, 0.15) is 6.33 Å². The van der Waals surface area contributed by atoms with Crippen molar-refractivity contribution in [3.8, 4) is 5.88 Å². The molecular weight excluding hydrogens is 196 g/mol. The lowest BCUT2D eigenvalue weighted by atomic mass is 10.0. The lowest BCUT2D eigenvalue weighted by Gasteiger charge is -2.10. The fourth-order valence-electron chi connectivity index (χ4n) is 1.26. The first-order valence-corrected chi connectivity index (χ1v) is 4.63. The summed E-state index contributed by atoms with van der Waals surface area (Å²) in [6, 6.07) is 0. The Balaban J connectivity index is 2.90.